The lowest BCUT2D eigenvalue weighted by Gasteiger charge is -2.55. The highest BCUT2D eigenvalue weighted by Gasteiger charge is 2.54. The van der Waals surface area contributed by atoms with E-state index in [-0.39, 0.29) is 36.1 Å². The summed E-state index contributed by atoms with van der Waals surface area (Å²) in [4.78, 5) is 26.7. The minimum atomic E-state index is -0.317. The van der Waals surface area contributed by atoms with E-state index in [0.29, 0.717) is 5.82 Å². The summed E-state index contributed by atoms with van der Waals surface area (Å²) in [6, 6.07) is 13.4. The Kier molecular flexibility index (Phi) is 5.78. The van der Waals surface area contributed by atoms with Gasteiger partial charge in [-0.05, 0) is 103 Å². The van der Waals surface area contributed by atoms with Crippen molar-refractivity contribution in [2.24, 2.45) is 23.2 Å². The van der Waals surface area contributed by atoms with Crippen LogP contribution in [0.15, 0.2) is 48.5 Å². The number of nitrogens with one attached hydrogen (secondary N) is 2. The zero-order valence-corrected chi connectivity index (χ0v) is 20.0. The molecule has 0 atom stereocenters. The molecule has 2 aromatic carbocycles. The molecule has 0 unspecified atom stereocenters. The van der Waals surface area contributed by atoms with E-state index in [1.165, 1.54) is 36.2 Å². The Morgan fingerprint density at radius 3 is 2.22 bits per heavy atom. The van der Waals surface area contributed by atoms with Gasteiger partial charge in [0.15, 0.2) is 0 Å². The number of tetrazole rings is 1. The van der Waals surface area contributed by atoms with E-state index in [1.54, 1.807) is 12.1 Å². The molecule has 8 nitrogen and oxygen atoms in total. The van der Waals surface area contributed by atoms with Crippen LogP contribution in [0.4, 0.5) is 10.1 Å². The summed E-state index contributed by atoms with van der Waals surface area (Å²) in [7, 11) is 0. The highest BCUT2D eigenvalue weighted by molar-refractivity contribution is 5.95. The molecule has 2 N–H and O–H groups in total. The smallest absolute Gasteiger partial charge is 0.243 e. The van der Waals surface area contributed by atoms with Gasteiger partial charge in [-0.1, -0.05) is 12.1 Å². The van der Waals surface area contributed by atoms with E-state index in [9.17, 15) is 14.0 Å². The SMILES string of the molecule is O=C(Cn1nnc(-c2ccc(NC(=O)C34CC5CC(CC(C5)C3)C4)cc2)n1)NCc1ccc(F)cc1. The number of hydrogen-bond donors (Lipinski definition) is 2. The van der Waals surface area contributed by atoms with Crippen molar-refractivity contribution < 1.29 is 14.0 Å². The average Bonchev–Trinajstić information content (AvgIpc) is 3.32. The number of rotatable bonds is 7. The molecule has 186 valence electrons. The molecule has 0 saturated heterocycles. The van der Waals surface area contributed by atoms with E-state index in [1.807, 2.05) is 24.3 Å². The van der Waals surface area contributed by atoms with Crippen LogP contribution in [0, 0.1) is 29.0 Å². The monoisotopic (exact) mass is 488 g/mol. The number of benzene rings is 2. The fourth-order valence-corrected chi connectivity index (χ4v) is 6.77. The molecule has 4 saturated carbocycles. The minimum Gasteiger partial charge on any atom is -0.350 e. The van der Waals surface area contributed by atoms with Crippen LogP contribution in [0.3, 0.4) is 0 Å². The molecule has 2 amide bonds. The van der Waals surface area contributed by atoms with Gasteiger partial charge >= 0.3 is 0 Å². The summed E-state index contributed by atoms with van der Waals surface area (Å²) >= 11 is 0. The largest absolute Gasteiger partial charge is 0.350 e. The van der Waals surface area contributed by atoms with Crippen molar-refractivity contribution in [3.8, 4) is 11.4 Å². The summed E-state index contributed by atoms with van der Waals surface area (Å²) in [6.45, 7) is 0.213. The third kappa shape index (κ3) is 4.62. The molecule has 7 rings (SSSR count). The molecule has 9 heteroatoms. The Labute approximate surface area is 208 Å². The topological polar surface area (TPSA) is 102 Å². The minimum absolute atomic E-state index is 0.0760. The second-order valence-electron chi connectivity index (χ2n) is 10.8. The summed E-state index contributed by atoms with van der Waals surface area (Å²) in [5, 5.41) is 18.3. The van der Waals surface area contributed by atoms with Crippen molar-refractivity contribution in [1.29, 1.82) is 0 Å². The van der Waals surface area contributed by atoms with Gasteiger partial charge in [0.2, 0.25) is 17.6 Å². The predicted octanol–water partition coefficient (Wildman–Crippen LogP) is 3.95. The van der Waals surface area contributed by atoms with E-state index in [2.05, 4.69) is 26.0 Å². The van der Waals surface area contributed by atoms with Crippen LogP contribution in [0.5, 0.6) is 0 Å². The van der Waals surface area contributed by atoms with Crippen LogP contribution in [0.25, 0.3) is 11.4 Å². The fraction of sp³-hybridized carbons (Fsp3) is 0.444. The van der Waals surface area contributed by atoms with Crippen LogP contribution < -0.4 is 10.6 Å². The molecule has 4 aliphatic rings. The number of aromatic nitrogens is 4. The molecule has 0 spiro atoms. The molecule has 4 fully saturated rings. The molecule has 1 heterocycles. The average molecular weight is 489 g/mol. The summed E-state index contributed by atoms with van der Waals surface area (Å²) < 4.78 is 13.0. The fourth-order valence-electron chi connectivity index (χ4n) is 6.77. The van der Waals surface area contributed by atoms with Crippen molar-refractivity contribution in [2.45, 2.75) is 51.6 Å². The van der Waals surface area contributed by atoms with Crippen LogP contribution >= 0.6 is 0 Å². The lowest BCUT2D eigenvalue weighted by atomic mass is 9.49. The standard InChI is InChI=1S/C27H29FN6O2/c28-22-5-1-17(2-6-22)15-29-24(35)16-34-32-25(31-33-34)21-3-7-23(8-4-21)30-26(36)27-12-18-9-19(13-27)11-20(10-18)14-27/h1-8,18-20H,9-16H2,(H,29,35)(H,30,36). The first-order valence-electron chi connectivity index (χ1n) is 12.6. The predicted molar refractivity (Wildman–Crippen MR) is 131 cm³/mol. The number of amides is 2. The molecule has 4 bridgehead atoms. The molecule has 0 aliphatic heterocycles. The van der Waals surface area contributed by atoms with Gasteiger partial charge in [-0.25, -0.2) is 4.39 Å². The Balaban J connectivity index is 1.04. The maximum atomic E-state index is 13.3. The van der Waals surface area contributed by atoms with Gasteiger partial charge in [0.05, 0.1) is 5.41 Å². The molecule has 0 radical (unpaired) electrons. The van der Waals surface area contributed by atoms with Crippen molar-refractivity contribution in [1.82, 2.24) is 25.5 Å². The molecule has 4 aliphatic carbocycles. The van der Waals surface area contributed by atoms with Gasteiger partial charge in [-0.2, -0.15) is 4.80 Å². The van der Waals surface area contributed by atoms with Crippen LogP contribution in [0.2, 0.25) is 0 Å². The number of hydrogen-bond acceptors (Lipinski definition) is 5. The maximum Gasteiger partial charge on any atom is 0.243 e. The van der Waals surface area contributed by atoms with E-state index < -0.39 is 0 Å². The van der Waals surface area contributed by atoms with Crippen molar-refractivity contribution in [3.05, 3.63) is 59.9 Å². The number of carbonyl (C=O) groups is 2. The van der Waals surface area contributed by atoms with Crippen LogP contribution in [-0.4, -0.2) is 32.0 Å². The van der Waals surface area contributed by atoms with E-state index >= 15 is 0 Å². The van der Waals surface area contributed by atoms with E-state index in [4.69, 9.17) is 0 Å². The summed E-state index contributed by atoms with van der Waals surface area (Å²) in [5.41, 5.74) is 2.13. The van der Waals surface area contributed by atoms with Gasteiger partial charge in [0.1, 0.15) is 12.4 Å². The first-order chi connectivity index (χ1) is 17.4. The van der Waals surface area contributed by atoms with Crippen molar-refractivity contribution in [2.75, 3.05) is 5.32 Å². The summed E-state index contributed by atoms with van der Waals surface area (Å²) in [5.74, 6) is 2.16. The lowest BCUT2D eigenvalue weighted by molar-refractivity contribution is -0.140. The first-order valence-corrected chi connectivity index (χ1v) is 12.6. The Hall–Kier alpha value is -3.62. The number of halogens is 1. The van der Waals surface area contributed by atoms with Gasteiger partial charge in [0, 0.05) is 17.8 Å². The van der Waals surface area contributed by atoms with Gasteiger partial charge in [-0.15, -0.1) is 10.2 Å². The van der Waals surface area contributed by atoms with Crippen molar-refractivity contribution >= 4 is 17.5 Å². The highest BCUT2D eigenvalue weighted by Crippen LogP contribution is 2.60. The van der Waals surface area contributed by atoms with Gasteiger partial charge in [-0.3, -0.25) is 9.59 Å². The third-order valence-electron chi connectivity index (χ3n) is 8.06. The van der Waals surface area contributed by atoms with E-state index in [0.717, 1.165) is 53.8 Å². The van der Waals surface area contributed by atoms with Gasteiger partial charge < -0.3 is 10.6 Å². The Bertz CT molecular complexity index is 1230. The molecule has 1 aromatic heterocycles. The number of carbonyl (C=O) groups excluding carboxylic acids is 2. The van der Waals surface area contributed by atoms with Gasteiger partial charge in [0.25, 0.3) is 0 Å². The normalized spacial score (nSPS) is 26.1. The lowest BCUT2D eigenvalue weighted by Crippen LogP contribution is -2.51. The second kappa shape index (κ2) is 9.11. The van der Waals surface area contributed by atoms with Crippen molar-refractivity contribution in [3.63, 3.8) is 0 Å². The first kappa shape index (κ1) is 22.8. The zero-order chi connectivity index (χ0) is 24.7. The molecule has 3 aromatic rings. The highest BCUT2D eigenvalue weighted by atomic mass is 19.1. The summed E-state index contributed by atoms with van der Waals surface area (Å²) in [6.07, 6.45) is 7.04. The Morgan fingerprint density at radius 2 is 1.58 bits per heavy atom. The third-order valence-corrected chi connectivity index (χ3v) is 8.06. The second-order valence-corrected chi connectivity index (χ2v) is 10.8. The van der Waals surface area contributed by atoms with Crippen LogP contribution in [-0.2, 0) is 22.7 Å². The Morgan fingerprint density at radius 1 is 0.944 bits per heavy atom. The number of nitrogens with zero attached hydrogens (tertiary/aromatic N) is 4. The molecular formula is C27H29FN6O2. The number of anilines is 1. The zero-order valence-electron chi connectivity index (χ0n) is 20.0. The van der Waals surface area contributed by atoms with Crippen LogP contribution in [0.1, 0.15) is 44.1 Å². The molecule has 36 heavy (non-hydrogen) atoms. The quantitative estimate of drug-likeness (QED) is 0.524. The molecular weight excluding hydrogens is 459 g/mol. The maximum absolute atomic E-state index is 13.3.